The van der Waals surface area contributed by atoms with E-state index in [2.05, 4.69) is 10.3 Å². The van der Waals surface area contributed by atoms with Gasteiger partial charge in [0.05, 0.1) is 16.7 Å². The van der Waals surface area contributed by atoms with Gasteiger partial charge in [0.2, 0.25) is 0 Å². The molecule has 0 spiro atoms. The summed E-state index contributed by atoms with van der Waals surface area (Å²) in [5.74, 6) is -2.38. The summed E-state index contributed by atoms with van der Waals surface area (Å²) in [7, 11) is 0. The average Bonchev–Trinajstić information content (AvgIpc) is 2.99. The first-order chi connectivity index (χ1) is 11.1. The number of carboxylic acid groups (broad SMARTS) is 2. The lowest BCUT2D eigenvalue weighted by Crippen LogP contribution is -2.50. The Morgan fingerprint density at radius 3 is 2.46 bits per heavy atom. The van der Waals surface area contributed by atoms with Crippen LogP contribution in [0.15, 0.2) is 35.2 Å². The van der Waals surface area contributed by atoms with Crippen LogP contribution in [0.5, 0.6) is 0 Å². The summed E-state index contributed by atoms with van der Waals surface area (Å²) >= 11 is 1.24. The highest BCUT2D eigenvalue weighted by atomic mass is 32.1. The molecule has 0 aliphatic heterocycles. The molecule has 1 aromatic heterocycles. The lowest BCUT2D eigenvalue weighted by molar-refractivity contribution is -0.181. The molecule has 0 aliphatic rings. The molecule has 7 nitrogen and oxygen atoms in total. The second-order valence-corrected chi connectivity index (χ2v) is 6.80. The maximum atomic E-state index is 12.1. The number of nitrogens with one attached hydrogen (secondary N) is 1. The maximum Gasteiger partial charge on any atom is 0.364 e. The summed E-state index contributed by atoms with van der Waals surface area (Å²) in [6, 6.07) is 5.86. The number of anilines is 1. The molecule has 0 fully saturated rings. The second-order valence-electron chi connectivity index (χ2n) is 6.09. The van der Waals surface area contributed by atoms with Crippen LogP contribution in [-0.4, -0.2) is 32.7 Å². The zero-order valence-corrected chi connectivity index (χ0v) is 14.3. The molecule has 0 bridgehead atoms. The minimum Gasteiger partial charge on any atom is -0.478 e. The fourth-order valence-electron chi connectivity index (χ4n) is 2.13. The third-order valence-electron chi connectivity index (χ3n) is 2.98. The fraction of sp³-hybridized carbons (Fsp3) is 0.312. The largest absolute Gasteiger partial charge is 0.478 e. The number of aliphatic carboxylic acids is 1. The number of hydrogen-bond donors (Lipinski definition) is 3. The van der Waals surface area contributed by atoms with Gasteiger partial charge in [0.25, 0.3) is 5.72 Å². The van der Waals surface area contributed by atoms with Crippen LogP contribution in [0.3, 0.4) is 0 Å². The van der Waals surface area contributed by atoms with Crippen LogP contribution in [0.2, 0.25) is 0 Å². The van der Waals surface area contributed by atoms with Crippen LogP contribution < -0.4 is 5.32 Å². The number of ether oxygens (including phenoxy) is 1. The Labute approximate surface area is 142 Å². The monoisotopic (exact) mass is 350 g/mol. The van der Waals surface area contributed by atoms with Crippen molar-refractivity contribution in [3.63, 3.8) is 0 Å². The van der Waals surface area contributed by atoms with Crippen LogP contribution >= 0.6 is 11.3 Å². The molecule has 1 unspecified atom stereocenters. The van der Waals surface area contributed by atoms with Crippen molar-refractivity contribution < 1.29 is 24.5 Å². The normalized spacial score (nSPS) is 14.0. The number of aromatic carboxylic acids is 1. The van der Waals surface area contributed by atoms with Gasteiger partial charge in [-0.3, -0.25) is 0 Å². The Hall–Kier alpha value is -2.45. The Balaban J connectivity index is 2.52. The quantitative estimate of drug-likeness (QED) is 0.687. The molecule has 2 rings (SSSR count). The fourth-order valence-corrected chi connectivity index (χ4v) is 2.72. The molecule has 1 aromatic carbocycles. The van der Waals surface area contributed by atoms with Crippen molar-refractivity contribution in [2.45, 2.75) is 32.1 Å². The van der Waals surface area contributed by atoms with Gasteiger partial charge in [0.1, 0.15) is 5.69 Å². The Morgan fingerprint density at radius 2 is 1.96 bits per heavy atom. The lowest BCUT2D eigenvalue weighted by Gasteiger charge is -2.36. The van der Waals surface area contributed by atoms with E-state index in [0.29, 0.717) is 5.69 Å². The van der Waals surface area contributed by atoms with Gasteiger partial charge in [0, 0.05) is 11.1 Å². The molecule has 3 N–H and O–H groups in total. The predicted molar refractivity (Wildman–Crippen MR) is 89.3 cm³/mol. The van der Waals surface area contributed by atoms with Gasteiger partial charge in [-0.25, -0.2) is 14.6 Å². The van der Waals surface area contributed by atoms with E-state index in [1.807, 2.05) is 0 Å². The highest BCUT2D eigenvalue weighted by Crippen LogP contribution is 2.33. The second kappa shape index (κ2) is 6.58. The number of carbonyl (C=O) groups is 2. The van der Waals surface area contributed by atoms with Crippen molar-refractivity contribution in [2.24, 2.45) is 0 Å². The molecule has 24 heavy (non-hydrogen) atoms. The summed E-state index contributed by atoms with van der Waals surface area (Å²) in [6.45, 7) is 5.19. The van der Waals surface area contributed by atoms with Crippen molar-refractivity contribution in [1.82, 2.24) is 4.98 Å². The molecule has 0 amide bonds. The number of aromatic nitrogens is 1. The number of thiazole rings is 1. The molecule has 8 heteroatoms. The van der Waals surface area contributed by atoms with Gasteiger partial charge >= 0.3 is 11.9 Å². The summed E-state index contributed by atoms with van der Waals surface area (Å²) < 4.78 is 5.82. The number of nitrogens with zero attached hydrogens (tertiary/aromatic N) is 1. The van der Waals surface area contributed by atoms with Crippen LogP contribution in [-0.2, 0) is 15.3 Å². The van der Waals surface area contributed by atoms with Crippen molar-refractivity contribution in [3.8, 4) is 0 Å². The first-order valence-corrected chi connectivity index (χ1v) is 8.02. The van der Waals surface area contributed by atoms with Crippen molar-refractivity contribution in [2.75, 3.05) is 5.32 Å². The molecule has 0 radical (unpaired) electrons. The number of rotatable bonds is 6. The topological polar surface area (TPSA) is 109 Å². The van der Waals surface area contributed by atoms with Crippen LogP contribution in [0, 0.1) is 0 Å². The van der Waals surface area contributed by atoms with Gasteiger partial charge in [0.15, 0.2) is 0 Å². The average molecular weight is 350 g/mol. The van der Waals surface area contributed by atoms with Crippen molar-refractivity contribution in [3.05, 3.63) is 46.4 Å². The summed E-state index contributed by atoms with van der Waals surface area (Å²) in [5, 5.41) is 23.3. The molecule has 0 aliphatic carbocycles. The SMILES string of the molecule is CC(C)(C)OC(Nc1cccc(C(=O)O)c1)(C(=O)O)c1cscn1. The zero-order chi connectivity index (χ0) is 18.0. The molecule has 1 heterocycles. The van der Waals surface area contributed by atoms with Crippen molar-refractivity contribution in [1.29, 1.82) is 0 Å². The molecule has 2 aromatic rings. The Bertz CT molecular complexity index is 739. The highest BCUT2D eigenvalue weighted by molar-refractivity contribution is 7.07. The van der Waals surface area contributed by atoms with Gasteiger partial charge < -0.3 is 20.3 Å². The van der Waals surface area contributed by atoms with E-state index < -0.39 is 23.3 Å². The smallest absolute Gasteiger partial charge is 0.364 e. The Morgan fingerprint density at radius 1 is 1.25 bits per heavy atom. The van der Waals surface area contributed by atoms with Crippen LogP contribution in [0.25, 0.3) is 0 Å². The summed E-state index contributed by atoms with van der Waals surface area (Å²) in [5.41, 5.74) is -0.693. The van der Waals surface area contributed by atoms with Crippen molar-refractivity contribution >= 4 is 29.0 Å². The number of benzene rings is 1. The van der Waals surface area contributed by atoms with Crippen LogP contribution in [0.4, 0.5) is 5.69 Å². The lowest BCUT2D eigenvalue weighted by atomic mass is 10.1. The minimum absolute atomic E-state index is 0.0355. The number of hydrogen-bond acceptors (Lipinski definition) is 6. The van der Waals surface area contributed by atoms with Gasteiger partial charge in [-0.05, 0) is 39.0 Å². The summed E-state index contributed by atoms with van der Waals surface area (Å²) in [4.78, 5) is 27.3. The van der Waals surface area contributed by atoms with E-state index in [9.17, 15) is 14.7 Å². The molecule has 128 valence electrons. The molecular formula is C16H18N2O5S. The molecular weight excluding hydrogens is 332 g/mol. The van der Waals surface area contributed by atoms with E-state index in [0.717, 1.165) is 0 Å². The minimum atomic E-state index is -1.94. The van der Waals surface area contributed by atoms with E-state index in [1.54, 1.807) is 32.2 Å². The first-order valence-electron chi connectivity index (χ1n) is 7.08. The molecule has 1 atom stereocenters. The van der Waals surface area contributed by atoms with Gasteiger partial charge in [-0.1, -0.05) is 6.07 Å². The molecule has 0 saturated carbocycles. The number of carboxylic acids is 2. The predicted octanol–water partition coefficient (Wildman–Crippen LogP) is 3.01. The van der Waals surface area contributed by atoms with E-state index in [4.69, 9.17) is 9.84 Å². The third-order valence-corrected chi connectivity index (χ3v) is 3.57. The highest BCUT2D eigenvalue weighted by Gasteiger charge is 2.47. The standard InChI is InChI=1S/C16H18N2O5S/c1-15(2,3)23-16(14(21)22,12-8-24-9-17-12)18-11-6-4-5-10(7-11)13(19)20/h4-9,18H,1-3H3,(H,19,20)(H,21,22). The third kappa shape index (κ3) is 3.90. The Kier molecular flexibility index (Phi) is 4.91. The van der Waals surface area contributed by atoms with E-state index >= 15 is 0 Å². The zero-order valence-electron chi connectivity index (χ0n) is 13.4. The van der Waals surface area contributed by atoms with E-state index in [-0.39, 0.29) is 11.3 Å². The van der Waals surface area contributed by atoms with Crippen LogP contribution in [0.1, 0.15) is 36.8 Å². The first kappa shape index (κ1) is 17.9. The summed E-state index contributed by atoms with van der Waals surface area (Å²) in [6.07, 6.45) is 0. The maximum absolute atomic E-state index is 12.1. The van der Waals surface area contributed by atoms with Gasteiger partial charge in [-0.2, -0.15) is 0 Å². The van der Waals surface area contributed by atoms with Gasteiger partial charge in [-0.15, -0.1) is 11.3 Å². The van der Waals surface area contributed by atoms with E-state index in [1.165, 1.54) is 35.0 Å². The molecule has 0 saturated heterocycles.